The molecule has 1 aromatic rings. The predicted octanol–water partition coefficient (Wildman–Crippen LogP) is 3.41. The quantitative estimate of drug-likeness (QED) is 0.114. The minimum absolute atomic E-state index is 0.00502. The van der Waals surface area contributed by atoms with Gasteiger partial charge in [0.15, 0.2) is 5.75 Å². The van der Waals surface area contributed by atoms with Crippen LogP contribution >= 0.6 is 0 Å². The van der Waals surface area contributed by atoms with Gasteiger partial charge in [0, 0.05) is 19.2 Å². The van der Waals surface area contributed by atoms with Crippen molar-refractivity contribution >= 4 is 23.8 Å². The molecule has 174 valence electrons. The predicted molar refractivity (Wildman–Crippen MR) is 114 cm³/mol. The number of hydrogen-bond donors (Lipinski definition) is 1. The van der Waals surface area contributed by atoms with E-state index >= 15 is 0 Å². The third-order valence-electron chi connectivity index (χ3n) is 4.02. The van der Waals surface area contributed by atoms with Crippen LogP contribution < -0.4 is 4.74 Å². The van der Waals surface area contributed by atoms with E-state index in [4.69, 9.17) is 14.2 Å². The minimum Gasteiger partial charge on any atom is -0.499 e. The van der Waals surface area contributed by atoms with Gasteiger partial charge in [0.25, 0.3) is 5.91 Å². The maximum atomic E-state index is 12.4. The fourth-order valence-electron chi connectivity index (χ4n) is 2.50. The van der Waals surface area contributed by atoms with Crippen molar-refractivity contribution < 1.29 is 33.8 Å². The van der Waals surface area contributed by atoms with Crippen molar-refractivity contribution in [1.29, 1.82) is 5.26 Å². The standard InChI is InChI=1S/C21H27N3O8/c1-6-23(7-2)19(26)15(13-22)10-14-11-16(24(28)29)18(25)17(12-14)32-20(27)30-8-9-31-21(3,4)5/h10-12,25H,6-9H2,1-5H3. The van der Waals surface area contributed by atoms with E-state index in [2.05, 4.69) is 0 Å². The first-order valence-electron chi connectivity index (χ1n) is 9.84. The van der Waals surface area contributed by atoms with Crippen molar-refractivity contribution in [3.05, 3.63) is 33.4 Å². The monoisotopic (exact) mass is 449 g/mol. The molecular weight excluding hydrogens is 422 g/mol. The third-order valence-corrected chi connectivity index (χ3v) is 4.02. The van der Waals surface area contributed by atoms with E-state index in [1.807, 2.05) is 20.8 Å². The number of amides is 1. The van der Waals surface area contributed by atoms with E-state index in [1.54, 1.807) is 19.9 Å². The summed E-state index contributed by atoms with van der Waals surface area (Å²) >= 11 is 0. The fraction of sp³-hybridized carbons (Fsp3) is 0.476. The van der Waals surface area contributed by atoms with E-state index in [0.717, 1.165) is 18.2 Å². The maximum Gasteiger partial charge on any atom is 0.514 e. The number of hydrogen-bond acceptors (Lipinski definition) is 9. The van der Waals surface area contributed by atoms with Gasteiger partial charge < -0.3 is 24.2 Å². The zero-order valence-corrected chi connectivity index (χ0v) is 18.7. The van der Waals surface area contributed by atoms with E-state index in [9.17, 15) is 30.1 Å². The molecule has 0 saturated carbocycles. The highest BCUT2D eigenvalue weighted by molar-refractivity contribution is 6.01. The van der Waals surface area contributed by atoms with Gasteiger partial charge in [-0.05, 0) is 52.3 Å². The summed E-state index contributed by atoms with van der Waals surface area (Å²) in [4.78, 5) is 36.2. The number of carbonyl (C=O) groups is 2. The Morgan fingerprint density at radius 3 is 2.38 bits per heavy atom. The molecule has 1 aromatic carbocycles. The molecule has 0 bridgehead atoms. The first-order valence-corrected chi connectivity index (χ1v) is 9.84. The van der Waals surface area contributed by atoms with Crippen LogP contribution in [0.25, 0.3) is 6.08 Å². The van der Waals surface area contributed by atoms with Gasteiger partial charge in [0.2, 0.25) is 5.75 Å². The van der Waals surface area contributed by atoms with Crippen LogP contribution in [0.2, 0.25) is 0 Å². The Bertz CT molecular complexity index is 924. The number of aromatic hydroxyl groups is 1. The van der Waals surface area contributed by atoms with Crippen molar-refractivity contribution in [2.24, 2.45) is 0 Å². The van der Waals surface area contributed by atoms with E-state index in [-0.39, 0.29) is 24.4 Å². The molecule has 0 unspecified atom stereocenters. The second-order valence-electron chi connectivity index (χ2n) is 7.45. The van der Waals surface area contributed by atoms with Crippen LogP contribution in [0.3, 0.4) is 0 Å². The van der Waals surface area contributed by atoms with E-state index in [0.29, 0.717) is 13.1 Å². The number of carbonyl (C=O) groups excluding carboxylic acids is 2. The number of nitro benzene ring substituents is 1. The molecule has 0 saturated heterocycles. The number of nitrogens with zero attached hydrogens (tertiary/aromatic N) is 3. The van der Waals surface area contributed by atoms with Gasteiger partial charge in [-0.25, -0.2) is 4.79 Å². The summed E-state index contributed by atoms with van der Waals surface area (Å²) in [5.41, 5.74) is -1.48. The Balaban J connectivity index is 3.17. The summed E-state index contributed by atoms with van der Waals surface area (Å²) in [6.07, 6.45) is -0.101. The number of nitriles is 1. The minimum atomic E-state index is -1.21. The van der Waals surface area contributed by atoms with Crippen LogP contribution in [0.15, 0.2) is 17.7 Å². The highest BCUT2D eigenvalue weighted by Crippen LogP contribution is 2.38. The molecule has 0 heterocycles. The molecule has 0 atom stereocenters. The van der Waals surface area contributed by atoms with E-state index < -0.39 is 39.8 Å². The summed E-state index contributed by atoms with van der Waals surface area (Å²) in [5.74, 6) is -2.02. The van der Waals surface area contributed by atoms with Crippen LogP contribution in [0.1, 0.15) is 40.2 Å². The molecule has 32 heavy (non-hydrogen) atoms. The third kappa shape index (κ3) is 7.88. The Morgan fingerprint density at radius 2 is 1.88 bits per heavy atom. The van der Waals surface area contributed by atoms with Gasteiger partial charge >= 0.3 is 11.8 Å². The van der Waals surface area contributed by atoms with Crippen LogP contribution in [0, 0.1) is 21.4 Å². The zero-order chi connectivity index (χ0) is 24.5. The number of likely N-dealkylation sites (N-methyl/N-ethyl adjacent to an activating group) is 1. The number of phenols is 1. The molecule has 11 heteroatoms. The smallest absolute Gasteiger partial charge is 0.499 e. The number of rotatable bonds is 9. The van der Waals surface area contributed by atoms with Gasteiger partial charge in [0.1, 0.15) is 18.2 Å². The summed E-state index contributed by atoms with van der Waals surface area (Å²) in [7, 11) is 0. The molecule has 0 spiro atoms. The largest absolute Gasteiger partial charge is 0.514 e. The van der Waals surface area contributed by atoms with Gasteiger partial charge in [-0.1, -0.05) is 0 Å². The maximum absolute atomic E-state index is 12.4. The lowest BCUT2D eigenvalue weighted by Crippen LogP contribution is -2.31. The average Bonchev–Trinajstić information content (AvgIpc) is 2.71. The molecule has 0 aliphatic rings. The Labute approximate surface area is 185 Å². The molecule has 1 rings (SSSR count). The molecule has 0 aliphatic carbocycles. The number of nitro groups is 1. The zero-order valence-electron chi connectivity index (χ0n) is 18.7. The first kappa shape index (κ1) is 26.4. The Kier molecular flexibility index (Phi) is 9.62. The van der Waals surface area contributed by atoms with Crippen molar-refractivity contribution in [2.45, 2.75) is 40.2 Å². The van der Waals surface area contributed by atoms with Gasteiger partial charge in [-0.2, -0.15) is 5.26 Å². The molecule has 1 N–H and O–H groups in total. The summed E-state index contributed by atoms with van der Waals surface area (Å²) in [6, 6.07) is 3.80. The van der Waals surface area contributed by atoms with Crippen molar-refractivity contribution in [3.8, 4) is 17.6 Å². The summed E-state index contributed by atoms with van der Waals surface area (Å²) < 4.78 is 15.1. The lowest BCUT2D eigenvalue weighted by Gasteiger charge is -2.19. The lowest BCUT2D eigenvalue weighted by atomic mass is 10.1. The fourth-order valence-corrected chi connectivity index (χ4v) is 2.50. The number of ether oxygens (including phenoxy) is 3. The summed E-state index contributed by atoms with van der Waals surface area (Å²) in [6.45, 7) is 9.62. The Hall–Kier alpha value is -3.65. The van der Waals surface area contributed by atoms with Crippen LogP contribution in [0.5, 0.6) is 11.5 Å². The molecule has 11 nitrogen and oxygen atoms in total. The SMILES string of the molecule is CCN(CC)C(=O)C(C#N)=Cc1cc(OC(=O)OCCOC(C)(C)C)c(O)c([N+](=O)[O-])c1. The highest BCUT2D eigenvalue weighted by Gasteiger charge is 2.23. The summed E-state index contributed by atoms with van der Waals surface area (Å²) in [5, 5.41) is 30.8. The highest BCUT2D eigenvalue weighted by atomic mass is 16.7. The molecule has 0 aliphatic heterocycles. The second-order valence-corrected chi connectivity index (χ2v) is 7.45. The normalized spacial score (nSPS) is 11.4. The second kappa shape index (κ2) is 11.7. The van der Waals surface area contributed by atoms with Crippen molar-refractivity contribution in [3.63, 3.8) is 0 Å². The average molecular weight is 449 g/mol. The lowest BCUT2D eigenvalue weighted by molar-refractivity contribution is -0.385. The van der Waals surface area contributed by atoms with E-state index in [1.165, 1.54) is 4.90 Å². The Morgan fingerprint density at radius 1 is 1.25 bits per heavy atom. The first-order chi connectivity index (χ1) is 14.9. The molecular formula is C21H27N3O8. The van der Waals surface area contributed by atoms with Crippen LogP contribution in [-0.4, -0.2) is 58.9 Å². The number of phenolic OH excluding ortho intramolecular Hbond substituents is 1. The van der Waals surface area contributed by atoms with Crippen molar-refractivity contribution in [1.82, 2.24) is 4.90 Å². The van der Waals surface area contributed by atoms with Crippen molar-refractivity contribution in [2.75, 3.05) is 26.3 Å². The van der Waals surface area contributed by atoms with Gasteiger partial charge in [-0.15, -0.1) is 0 Å². The van der Waals surface area contributed by atoms with Crippen LogP contribution in [-0.2, 0) is 14.3 Å². The molecule has 0 fully saturated rings. The topological polar surface area (TPSA) is 152 Å². The molecule has 1 amide bonds. The van der Waals surface area contributed by atoms with Gasteiger partial charge in [-0.3, -0.25) is 14.9 Å². The number of benzene rings is 1. The molecule has 0 radical (unpaired) electrons. The van der Waals surface area contributed by atoms with Gasteiger partial charge in [0.05, 0.1) is 17.1 Å². The molecule has 0 aromatic heterocycles. The van der Waals surface area contributed by atoms with Crippen LogP contribution in [0.4, 0.5) is 10.5 Å².